The van der Waals surface area contributed by atoms with E-state index in [1.807, 2.05) is 32.0 Å². The zero-order valence-electron chi connectivity index (χ0n) is 13.6. The minimum Gasteiger partial charge on any atom is -0.461 e. The Kier molecular flexibility index (Phi) is 7.14. The van der Waals surface area contributed by atoms with Gasteiger partial charge in [0.15, 0.2) is 10.8 Å². The molecule has 0 unspecified atom stereocenters. The summed E-state index contributed by atoms with van der Waals surface area (Å²) in [4.78, 5) is 12.1. The second kappa shape index (κ2) is 8.84. The lowest BCUT2D eigenvalue weighted by Gasteiger charge is -2.11. The lowest BCUT2D eigenvalue weighted by atomic mass is 10.1. The number of carbonyl (C=O) groups excluding carboxylic acids is 1. The first-order valence-corrected chi connectivity index (χ1v) is 7.44. The molecule has 0 bridgehead atoms. The van der Waals surface area contributed by atoms with Crippen LogP contribution in [-0.4, -0.2) is 29.1 Å². The number of carbonyl (C=O) groups is 1. The van der Waals surface area contributed by atoms with Gasteiger partial charge >= 0.3 is 5.97 Å². The number of ether oxygens (including phenoxy) is 1. The van der Waals surface area contributed by atoms with Crippen LogP contribution >= 0.6 is 12.2 Å². The highest BCUT2D eigenvalue weighted by Gasteiger charge is 2.17. The van der Waals surface area contributed by atoms with Gasteiger partial charge < -0.3 is 10.5 Å². The van der Waals surface area contributed by atoms with E-state index in [0.29, 0.717) is 5.71 Å². The van der Waals surface area contributed by atoms with Gasteiger partial charge in [0.25, 0.3) is 0 Å². The van der Waals surface area contributed by atoms with Crippen LogP contribution in [0.15, 0.2) is 28.4 Å². The first kappa shape index (κ1) is 18.6. The van der Waals surface area contributed by atoms with Gasteiger partial charge in [-0.15, -0.1) is 0 Å². The van der Waals surface area contributed by atoms with Crippen LogP contribution in [0.4, 0.5) is 5.69 Å². The van der Waals surface area contributed by atoms with Gasteiger partial charge in [-0.1, -0.05) is 18.2 Å². The van der Waals surface area contributed by atoms with Gasteiger partial charge in [0.05, 0.1) is 18.0 Å². The molecule has 0 radical (unpaired) electrons. The average molecular weight is 335 g/mol. The molecular formula is C15H21N5O2S. The normalized spacial score (nSPS) is 11.8. The van der Waals surface area contributed by atoms with Crippen LogP contribution in [0.5, 0.6) is 0 Å². The summed E-state index contributed by atoms with van der Waals surface area (Å²) in [5, 5.41) is 8.06. The van der Waals surface area contributed by atoms with Gasteiger partial charge in [-0.3, -0.25) is 10.9 Å². The highest BCUT2D eigenvalue weighted by Crippen LogP contribution is 2.19. The van der Waals surface area contributed by atoms with E-state index in [9.17, 15) is 4.79 Å². The summed E-state index contributed by atoms with van der Waals surface area (Å²) < 4.78 is 5.00. The van der Waals surface area contributed by atoms with Crippen molar-refractivity contribution >= 4 is 40.4 Å². The van der Waals surface area contributed by atoms with Crippen LogP contribution in [0.25, 0.3) is 0 Å². The van der Waals surface area contributed by atoms with E-state index in [2.05, 4.69) is 33.3 Å². The molecule has 0 atom stereocenters. The fourth-order valence-corrected chi connectivity index (χ4v) is 1.81. The van der Waals surface area contributed by atoms with Crippen molar-refractivity contribution in [2.45, 2.75) is 27.7 Å². The number of thiocarbonyl (C=S) groups is 1. The number of nitrogens with two attached hydrogens (primary N) is 1. The van der Waals surface area contributed by atoms with Gasteiger partial charge in [0.1, 0.15) is 0 Å². The van der Waals surface area contributed by atoms with Gasteiger partial charge in [0.2, 0.25) is 0 Å². The van der Waals surface area contributed by atoms with Crippen molar-refractivity contribution in [2.75, 3.05) is 12.0 Å². The number of hydrogen-bond donors (Lipinski definition) is 3. The number of para-hydroxylation sites is 1. The molecule has 1 aromatic rings. The molecule has 124 valence electrons. The Bertz CT molecular complexity index is 635. The maximum Gasteiger partial charge on any atom is 0.360 e. The van der Waals surface area contributed by atoms with Crippen molar-refractivity contribution in [1.82, 2.24) is 5.43 Å². The van der Waals surface area contributed by atoms with Crippen molar-refractivity contribution in [3.63, 3.8) is 0 Å². The molecule has 0 saturated carbocycles. The van der Waals surface area contributed by atoms with Gasteiger partial charge in [-0.2, -0.15) is 10.2 Å². The van der Waals surface area contributed by atoms with E-state index >= 15 is 0 Å². The number of esters is 1. The van der Waals surface area contributed by atoms with Crippen molar-refractivity contribution < 1.29 is 9.53 Å². The van der Waals surface area contributed by atoms with E-state index < -0.39 is 5.97 Å². The SMILES string of the molecule is CCOC(=O)C(=N/Nc1c(C)cccc1C)/C(C)=N/NC(N)=S. The van der Waals surface area contributed by atoms with Crippen molar-refractivity contribution in [3.8, 4) is 0 Å². The van der Waals surface area contributed by atoms with Crippen LogP contribution in [0.1, 0.15) is 25.0 Å². The number of nitrogens with zero attached hydrogens (tertiary/aromatic N) is 2. The first-order chi connectivity index (χ1) is 10.9. The minimum atomic E-state index is -0.586. The molecular weight excluding hydrogens is 314 g/mol. The van der Waals surface area contributed by atoms with E-state index in [1.165, 1.54) is 0 Å². The molecule has 0 fully saturated rings. The molecule has 0 saturated heterocycles. The summed E-state index contributed by atoms with van der Waals surface area (Å²) >= 11 is 4.68. The summed E-state index contributed by atoms with van der Waals surface area (Å²) in [6.07, 6.45) is 0. The fourth-order valence-electron chi connectivity index (χ4n) is 1.77. The minimum absolute atomic E-state index is 0.00438. The van der Waals surface area contributed by atoms with E-state index in [-0.39, 0.29) is 17.4 Å². The molecule has 0 aliphatic carbocycles. The third kappa shape index (κ3) is 5.67. The molecule has 0 spiro atoms. The zero-order chi connectivity index (χ0) is 17.4. The van der Waals surface area contributed by atoms with Gasteiger partial charge in [-0.05, 0) is 51.0 Å². The standard InChI is InChI=1S/C15H21N5O2S/c1-5-22-14(21)13(11(4)17-20-15(16)23)19-18-12-9(2)7-6-8-10(12)3/h6-8,18H,5H2,1-4H3,(H3,16,20,23)/b17-11+,19-13+. The van der Waals surface area contributed by atoms with Crippen LogP contribution < -0.4 is 16.6 Å². The molecule has 0 amide bonds. The number of nitrogens with one attached hydrogen (secondary N) is 2. The van der Waals surface area contributed by atoms with Crippen LogP contribution in [0.3, 0.4) is 0 Å². The Hall–Kier alpha value is -2.48. The predicted octanol–water partition coefficient (Wildman–Crippen LogP) is 1.84. The summed E-state index contributed by atoms with van der Waals surface area (Å²) in [6.45, 7) is 7.45. The van der Waals surface area contributed by atoms with Crippen molar-refractivity contribution in [3.05, 3.63) is 29.3 Å². The Morgan fingerprint density at radius 2 is 1.91 bits per heavy atom. The Balaban J connectivity index is 3.11. The second-order valence-electron chi connectivity index (χ2n) is 4.73. The third-order valence-electron chi connectivity index (χ3n) is 2.91. The Morgan fingerprint density at radius 3 is 2.43 bits per heavy atom. The van der Waals surface area contributed by atoms with Crippen LogP contribution in [-0.2, 0) is 9.53 Å². The number of anilines is 1. The number of benzene rings is 1. The van der Waals surface area contributed by atoms with Crippen LogP contribution in [0, 0.1) is 13.8 Å². The quantitative estimate of drug-likeness (QED) is 0.317. The third-order valence-corrected chi connectivity index (χ3v) is 3.00. The lowest BCUT2D eigenvalue weighted by Crippen LogP contribution is -2.30. The van der Waals surface area contributed by atoms with E-state index in [0.717, 1.165) is 16.8 Å². The maximum atomic E-state index is 12.1. The summed E-state index contributed by atoms with van der Waals surface area (Å²) in [6, 6.07) is 5.85. The van der Waals surface area contributed by atoms with Gasteiger partial charge in [-0.25, -0.2) is 4.79 Å². The molecule has 0 heterocycles. The number of hydrogen-bond acceptors (Lipinski definition) is 6. The first-order valence-electron chi connectivity index (χ1n) is 7.04. The molecule has 0 aliphatic rings. The predicted molar refractivity (Wildman–Crippen MR) is 96.6 cm³/mol. The van der Waals surface area contributed by atoms with E-state index in [4.69, 9.17) is 10.5 Å². The molecule has 0 aliphatic heterocycles. The van der Waals surface area contributed by atoms with Crippen molar-refractivity contribution in [2.24, 2.45) is 15.9 Å². The monoisotopic (exact) mass is 335 g/mol. The van der Waals surface area contributed by atoms with Gasteiger partial charge in [0, 0.05) is 0 Å². The lowest BCUT2D eigenvalue weighted by molar-refractivity contribution is -0.134. The molecule has 23 heavy (non-hydrogen) atoms. The largest absolute Gasteiger partial charge is 0.461 e. The number of hydrazone groups is 2. The molecule has 1 rings (SSSR count). The summed E-state index contributed by atoms with van der Waals surface area (Å²) in [7, 11) is 0. The maximum absolute atomic E-state index is 12.1. The van der Waals surface area contributed by atoms with Crippen LogP contribution in [0.2, 0.25) is 0 Å². The molecule has 4 N–H and O–H groups in total. The van der Waals surface area contributed by atoms with E-state index in [1.54, 1.807) is 13.8 Å². The topological polar surface area (TPSA) is 101 Å². The summed E-state index contributed by atoms with van der Waals surface area (Å²) in [5.74, 6) is -0.586. The number of rotatable bonds is 6. The average Bonchev–Trinajstić information content (AvgIpc) is 2.48. The number of aryl methyl sites for hydroxylation is 2. The Morgan fingerprint density at radius 1 is 1.30 bits per heavy atom. The summed E-state index contributed by atoms with van der Waals surface area (Å²) in [5.41, 5.74) is 13.8. The Labute approximate surface area is 141 Å². The molecule has 0 aromatic heterocycles. The molecule has 7 nitrogen and oxygen atoms in total. The zero-order valence-corrected chi connectivity index (χ0v) is 14.5. The highest BCUT2D eigenvalue weighted by atomic mass is 32.1. The fraction of sp³-hybridized carbons (Fsp3) is 0.333. The highest BCUT2D eigenvalue weighted by molar-refractivity contribution is 7.80. The second-order valence-corrected chi connectivity index (χ2v) is 5.17. The van der Waals surface area contributed by atoms with Crippen molar-refractivity contribution in [1.29, 1.82) is 0 Å². The smallest absolute Gasteiger partial charge is 0.360 e. The molecule has 8 heteroatoms. The molecule has 1 aromatic carbocycles.